The molecule has 140 valence electrons. The maximum Gasteiger partial charge on any atom is 0.335 e. The molecule has 2 aromatic carbocycles. The minimum atomic E-state index is -0.970. The van der Waals surface area contributed by atoms with E-state index in [1.807, 2.05) is 0 Å². The second-order valence-electron chi connectivity index (χ2n) is 7.98. The number of rotatable bonds is 5. The number of nitrogens with zero attached hydrogens (tertiary/aromatic N) is 1. The number of hydrogen-bond donors (Lipinski definition) is 2. The van der Waals surface area contributed by atoms with Crippen LogP contribution in [0.15, 0.2) is 53.6 Å². The Kier molecular flexibility index (Phi) is 5.13. The molecule has 0 unspecified atom stereocenters. The van der Waals surface area contributed by atoms with Gasteiger partial charge in [0.25, 0.3) is 0 Å². The Hall–Kier alpha value is -2.95. The Morgan fingerprint density at radius 3 is 2.26 bits per heavy atom. The standard InChI is InChI=1S/C22H24N2O3/c1-22(2,3)17-10-8-15(9-11-17)18-12-19(18)20(25)24-23-13-14-4-6-16(7-5-14)21(26)27/h4-11,13,18-19H,12H2,1-3H3,(H,24,25)(H,26,27)/b23-13-/t18-,19+/m1/s1. The van der Waals surface area contributed by atoms with Crippen molar-refractivity contribution in [3.8, 4) is 0 Å². The summed E-state index contributed by atoms with van der Waals surface area (Å²) in [5.41, 5.74) is 6.12. The van der Waals surface area contributed by atoms with Crippen molar-refractivity contribution in [1.82, 2.24) is 5.43 Å². The van der Waals surface area contributed by atoms with Crippen molar-refractivity contribution in [2.24, 2.45) is 11.0 Å². The lowest BCUT2D eigenvalue weighted by molar-refractivity contribution is -0.122. The van der Waals surface area contributed by atoms with Crippen molar-refractivity contribution in [2.45, 2.75) is 38.5 Å². The highest BCUT2D eigenvalue weighted by atomic mass is 16.4. The smallest absolute Gasteiger partial charge is 0.335 e. The van der Waals surface area contributed by atoms with Gasteiger partial charge in [-0.15, -0.1) is 0 Å². The predicted octanol–water partition coefficient (Wildman–Crippen LogP) is 3.94. The summed E-state index contributed by atoms with van der Waals surface area (Å²) in [6.07, 6.45) is 2.35. The van der Waals surface area contributed by atoms with Crippen molar-refractivity contribution in [1.29, 1.82) is 0 Å². The average Bonchev–Trinajstić information content (AvgIpc) is 3.42. The zero-order chi connectivity index (χ0) is 19.6. The van der Waals surface area contributed by atoms with Crippen LogP contribution in [0.2, 0.25) is 0 Å². The quantitative estimate of drug-likeness (QED) is 0.623. The summed E-state index contributed by atoms with van der Waals surface area (Å²) in [5.74, 6) is -0.846. The number of carbonyl (C=O) groups excluding carboxylic acids is 1. The molecule has 3 rings (SSSR count). The monoisotopic (exact) mass is 364 g/mol. The number of hydrogen-bond acceptors (Lipinski definition) is 3. The fourth-order valence-electron chi connectivity index (χ4n) is 3.05. The summed E-state index contributed by atoms with van der Waals surface area (Å²) < 4.78 is 0. The van der Waals surface area contributed by atoms with Crippen LogP contribution in [0.5, 0.6) is 0 Å². The lowest BCUT2D eigenvalue weighted by Gasteiger charge is -2.19. The first-order chi connectivity index (χ1) is 12.8. The van der Waals surface area contributed by atoms with Crippen molar-refractivity contribution in [3.63, 3.8) is 0 Å². The van der Waals surface area contributed by atoms with E-state index in [0.29, 0.717) is 0 Å². The third-order valence-electron chi connectivity index (χ3n) is 4.88. The zero-order valence-corrected chi connectivity index (χ0v) is 15.8. The Bertz CT molecular complexity index is 862. The first-order valence-electron chi connectivity index (χ1n) is 9.02. The number of carboxylic acids is 1. The number of aromatic carboxylic acids is 1. The first-order valence-corrected chi connectivity index (χ1v) is 9.02. The van der Waals surface area contributed by atoms with E-state index in [4.69, 9.17) is 5.11 Å². The van der Waals surface area contributed by atoms with E-state index in [1.54, 1.807) is 12.1 Å². The van der Waals surface area contributed by atoms with Gasteiger partial charge in [0.2, 0.25) is 5.91 Å². The predicted molar refractivity (Wildman–Crippen MR) is 105 cm³/mol. The van der Waals surface area contributed by atoms with Crippen LogP contribution in [0.3, 0.4) is 0 Å². The molecular formula is C22H24N2O3. The SMILES string of the molecule is CC(C)(C)c1ccc([C@H]2C[C@@H]2C(=O)N/N=C\c2ccc(C(=O)O)cc2)cc1. The van der Waals surface area contributed by atoms with E-state index in [-0.39, 0.29) is 28.7 Å². The van der Waals surface area contributed by atoms with Crippen molar-refractivity contribution in [2.75, 3.05) is 0 Å². The second-order valence-corrected chi connectivity index (χ2v) is 7.98. The van der Waals surface area contributed by atoms with Crippen LogP contribution < -0.4 is 5.43 Å². The van der Waals surface area contributed by atoms with E-state index in [1.165, 1.54) is 29.5 Å². The highest BCUT2D eigenvalue weighted by Crippen LogP contribution is 2.47. The Balaban J connectivity index is 1.53. The van der Waals surface area contributed by atoms with Crippen LogP contribution in [-0.2, 0) is 10.2 Å². The van der Waals surface area contributed by atoms with E-state index >= 15 is 0 Å². The lowest BCUT2D eigenvalue weighted by atomic mass is 9.86. The molecule has 5 nitrogen and oxygen atoms in total. The third-order valence-corrected chi connectivity index (χ3v) is 4.88. The maximum absolute atomic E-state index is 12.2. The van der Waals surface area contributed by atoms with E-state index in [9.17, 15) is 9.59 Å². The topological polar surface area (TPSA) is 78.8 Å². The molecular weight excluding hydrogens is 340 g/mol. The summed E-state index contributed by atoms with van der Waals surface area (Å²) in [7, 11) is 0. The van der Waals surface area contributed by atoms with Gasteiger partial charge in [-0.05, 0) is 46.6 Å². The molecule has 0 aliphatic heterocycles. The minimum Gasteiger partial charge on any atom is -0.478 e. The maximum atomic E-state index is 12.2. The van der Waals surface area contributed by atoms with Crippen LogP contribution in [0.25, 0.3) is 0 Å². The van der Waals surface area contributed by atoms with Crippen molar-refractivity contribution in [3.05, 3.63) is 70.8 Å². The van der Waals surface area contributed by atoms with Crippen LogP contribution in [0, 0.1) is 5.92 Å². The molecule has 0 bridgehead atoms. The Morgan fingerprint density at radius 2 is 1.70 bits per heavy atom. The molecule has 0 spiro atoms. The summed E-state index contributed by atoms with van der Waals surface area (Å²) in [6, 6.07) is 14.8. The molecule has 0 radical (unpaired) electrons. The van der Waals surface area contributed by atoms with Gasteiger partial charge in [-0.25, -0.2) is 10.2 Å². The van der Waals surface area contributed by atoms with Crippen LogP contribution in [0.4, 0.5) is 0 Å². The molecule has 0 saturated heterocycles. The van der Waals surface area contributed by atoms with Crippen LogP contribution in [0.1, 0.15) is 60.2 Å². The summed E-state index contributed by atoms with van der Waals surface area (Å²) >= 11 is 0. The third kappa shape index (κ3) is 4.61. The number of amides is 1. The first kappa shape index (κ1) is 18.8. The molecule has 1 saturated carbocycles. The van der Waals surface area contributed by atoms with E-state index in [2.05, 4.69) is 55.6 Å². The lowest BCUT2D eigenvalue weighted by Crippen LogP contribution is -2.20. The molecule has 27 heavy (non-hydrogen) atoms. The van der Waals surface area contributed by atoms with Gasteiger partial charge in [0.15, 0.2) is 0 Å². The molecule has 1 fully saturated rings. The van der Waals surface area contributed by atoms with E-state index in [0.717, 1.165) is 12.0 Å². The van der Waals surface area contributed by atoms with Crippen molar-refractivity contribution >= 4 is 18.1 Å². The fraction of sp³-hybridized carbons (Fsp3) is 0.318. The average molecular weight is 364 g/mol. The van der Waals surface area contributed by atoms with Gasteiger partial charge in [0, 0.05) is 5.92 Å². The van der Waals surface area contributed by atoms with Gasteiger partial charge in [-0.3, -0.25) is 4.79 Å². The zero-order valence-electron chi connectivity index (χ0n) is 15.8. The summed E-state index contributed by atoms with van der Waals surface area (Å²) in [5, 5.41) is 12.9. The van der Waals surface area contributed by atoms with Crippen LogP contribution in [-0.4, -0.2) is 23.2 Å². The van der Waals surface area contributed by atoms with Crippen molar-refractivity contribution < 1.29 is 14.7 Å². The highest BCUT2D eigenvalue weighted by molar-refractivity contribution is 5.89. The normalized spacial score (nSPS) is 19.1. The van der Waals surface area contributed by atoms with Gasteiger partial charge in [-0.2, -0.15) is 5.10 Å². The number of carbonyl (C=O) groups is 2. The molecule has 1 aliphatic carbocycles. The second kappa shape index (κ2) is 7.35. The molecule has 5 heteroatoms. The van der Waals surface area contributed by atoms with Gasteiger partial charge in [0.05, 0.1) is 11.8 Å². The van der Waals surface area contributed by atoms with Gasteiger partial charge >= 0.3 is 5.97 Å². The Morgan fingerprint density at radius 1 is 1.07 bits per heavy atom. The van der Waals surface area contributed by atoms with Crippen LogP contribution >= 0.6 is 0 Å². The molecule has 1 aliphatic rings. The number of hydrazone groups is 1. The molecule has 2 N–H and O–H groups in total. The fourth-order valence-corrected chi connectivity index (χ4v) is 3.05. The molecule has 2 aromatic rings. The van der Waals surface area contributed by atoms with Gasteiger partial charge in [-0.1, -0.05) is 57.2 Å². The van der Waals surface area contributed by atoms with E-state index < -0.39 is 5.97 Å². The molecule has 2 atom stereocenters. The molecule has 1 amide bonds. The summed E-state index contributed by atoms with van der Waals surface area (Å²) in [4.78, 5) is 23.1. The number of carboxylic acid groups (broad SMARTS) is 1. The molecule has 0 heterocycles. The highest BCUT2D eigenvalue weighted by Gasteiger charge is 2.43. The molecule has 0 aromatic heterocycles. The summed E-state index contributed by atoms with van der Waals surface area (Å²) in [6.45, 7) is 6.55. The van der Waals surface area contributed by atoms with Gasteiger partial charge in [0.1, 0.15) is 0 Å². The largest absolute Gasteiger partial charge is 0.478 e. The Labute approximate surface area is 159 Å². The number of nitrogens with one attached hydrogen (secondary N) is 1. The minimum absolute atomic E-state index is 0.0444. The van der Waals surface area contributed by atoms with Gasteiger partial charge < -0.3 is 5.11 Å². The number of benzene rings is 2.